The summed E-state index contributed by atoms with van der Waals surface area (Å²) >= 11 is 0. The van der Waals surface area contributed by atoms with Gasteiger partial charge < -0.3 is 0 Å². The minimum Gasteiger partial charge on any atom is -0.0602 e. The number of hydrogen-bond donors (Lipinski definition) is 0. The minimum absolute atomic E-state index is 0.566. The van der Waals surface area contributed by atoms with E-state index >= 15 is 0 Å². The third-order valence-corrected chi connectivity index (χ3v) is 3.81. The van der Waals surface area contributed by atoms with Gasteiger partial charge in [0.15, 0.2) is 0 Å². The highest BCUT2D eigenvalue weighted by atomic mass is 14.6. The largest absolute Gasteiger partial charge is 0.0602 e. The second kappa shape index (κ2) is 2.75. The van der Waals surface area contributed by atoms with Crippen molar-refractivity contribution in [3.63, 3.8) is 0 Å². The first-order chi connectivity index (χ1) is 5.58. The van der Waals surface area contributed by atoms with Crippen LogP contribution in [0, 0.1) is 23.2 Å². The molecule has 0 aliphatic heterocycles. The van der Waals surface area contributed by atoms with E-state index in [1.165, 1.54) is 31.1 Å². The van der Waals surface area contributed by atoms with E-state index in [2.05, 4.69) is 20.8 Å². The molecule has 0 aromatic carbocycles. The fourth-order valence-electron chi connectivity index (χ4n) is 3.00. The van der Waals surface area contributed by atoms with Crippen LogP contribution >= 0.6 is 0 Å². The van der Waals surface area contributed by atoms with Crippen LogP contribution in [0.5, 0.6) is 0 Å². The van der Waals surface area contributed by atoms with Gasteiger partial charge in [-0.3, -0.25) is 0 Å². The second-order valence-corrected chi connectivity index (χ2v) is 6.02. The summed E-state index contributed by atoms with van der Waals surface area (Å²) < 4.78 is 0. The molecule has 2 aliphatic carbocycles. The SMILES string of the molecule is CC(C)(C)CCC1C2CCCC21. The van der Waals surface area contributed by atoms with Crippen LogP contribution in [-0.4, -0.2) is 0 Å². The van der Waals surface area contributed by atoms with Crippen molar-refractivity contribution in [1.29, 1.82) is 0 Å². The molecule has 2 atom stereocenters. The zero-order chi connectivity index (χ0) is 8.77. The Morgan fingerprint density at radius 1 is 1.08 bits per heavy atom. The second-order valence-electron chi connectivity index (χ2n) is 6.02. The monoisotopic (exact) mass is 166 g/mol. The summed E-state index contributed by atoms with van der Waals surface area (Å²) in [5, 5.41) is 0. The van der Waals surface area contributed by atoms with Gasteiger partial charge in [0, 0.05) is 0 Å². The molecule has 0 heterocycles. The van der Waals surface area contributed by atoms with Gasteiger partial charge in [0.2, 0.25) is 0 Å². The standard InChI is InChI=1S/C12H22/c1-12(2,3)8-7-11-9-5-4-6-10(9)11/h9-11H,4-8H2,1-3H3. The van der Waals surface area contributed by atoms with Gasteiger partial charge in [0.25, 0.3) is 0 Å². The zero-order valence-corrected chi connectivity index (χ0v) is 8.77. The Balaban J connectivity index is 1.70. The van der Waals surface area contributed by atoms with Crippen LogP contribution in [0.4, 0.5) is 0 Å². The average molecular weight is 166 g/mol. The highest BCUT2D eigenvalue weighted by Gasteiger charge is 2.51. The zero-order valence-electron chi connectivity index (χ0n) is 8.77. The summed E-state index contributed by atoms with van der Waals surface area (Å²) in [6.45, 7) is 7.10. The Bertz CT molecular complexity index is 153. The lowest BCUT2D eigenvalue weighted by atomic mass is 9.88. The molecule has 0 spiro atoms. The lowest BCUT2D eigenvalue weighted by Crippen LogP contribution is -2.05. The smallest absolute Gasteiger partial charge is 0.0352 e. The molecule has 2 unspecified atom stereocenters. The van der Waals surface area contributed by atoms with Gasteiger partial charge in [-0.25, -0.2) is 0 Å². The molecular formula is C12H22. The number of fused-ring (bicyclic) bond motifs is 1. The quantitative estimate of drug-likeness (QED) is 0.584. The predicted octanol–water partition coefficient (Wildman–Crippen LogP) is 3.86. The number of rotatable bonds is 2. The fourth-order valence-corrected chi connectivity index (χ4v) is 3.00. The van der Waals surface area contributed by atoms with E-state index in [9.17, 15) is 0 Å². The van der Waals surface area contributed by atoms with Crippen molar-refractivity contribution in [2.24, 2.45) is 23.2 Å². The Kier molecular flexibility index (Phi) is 1.97. The summed E-state index contributed by atoms with van der Waals surface area (Å²) in [5.74, 6) is 3.50. The van der Waals surface area contributed by atoms with E-state index in [-0.39, 0.29) is 0 Å². The van der Waals surface area contributed by atoms with Crippen molar-refractivity contribution in [1.82, 2.24) is 0 Å². The van der Waals surface area contributed by atoms with Gasteiger partial charge in [-0.2, -0.15) is 0 Å². The van der Waals surface area contributed by atoms with Crippen molar-refractivity contribution in [3.05, 3.63) is 0 Å². The summed E-state index contributed by atoms with van der Waals surface area (Å²) in [5.41, 5.74) is 0.566. The highest BCUT2D eigenvalue weighted by molar-refractivity contribution is 5.00. The van der Waals surface area contributed by atoms with E-state index in [0.29, 0.717) is 5.41 Å². The Hall–Kier alpha value is 0. The highest BCUT2D eigenvalue weighted by Crippen LogP contribution is 2.59. The number of hydrogen-bond acceptors (Lipinski definition) is 0. The first kappa shape index (κ1) is 8.59. The first-order valence-corrected chi connectivity index (χ1v) is 5.58. The maximum atomic E-state index is 2.37. The molecule has 0 heteroatoms. The van der Waals surface area contributed by atoms with Gasteiger partial charge in [-0.1, -0.05) is 27.2 Å². The fraction of sp³-hybridized carbons (Fsp3) is 1.00. The lowest BCUT2D eigenvalue weighted by molar-refractivity contribution is 0.342. The molecule has 0 aromatic heterocycles. The van der Waals surface area contributed by atoms with Crippen molar-refractivity contribution < 1.29 is 0 Å². The van der Waals surface area contributed by atoms with Gasteiger partial charge in [0.1, 0.15) is 0 Å². The minimum atomic E-state index is 0.566. The predicted molar refractivity (Wildman–Crippen MR) is 53.0 cm³/mol. The van der Waals surface area contributed by atoms with Crippen LogP contribution in [0.15, 0.2) is 0 Å². The molecule has 0 saturated heterocycles. The van der Waals surface area contributed by atoms with Crippen molar-refractivity contribution in [3.8, 4) is 0 Å². The van der Waals surface area contributed by atoms with E-state index in [4.69, 9.17) is 0 Å². The Morgan fingerprint density at radius 2 is 1.67 bits per heavy atom. The molecule has 2 aliphatic rings. The van der Waals surface area contributed by atoms with Crippen LogP contribution in [0.3, 0.4) is 0 Å². The topological polar surface area (TPSA) is 0 Å². The lowest BCUT2D eigenvalue weighted by Gasteiger charge is -2.18. The van der Waals surface area contributed by atoms with Crippen LogP contribution in [0.1, 0.15) is 52.9 Å². The molecule has 0 aromatic rings. The van der Waals surface area contributed by atoms with Crippen molar-refractivity contribution in [2.75, 3.05) is 0 Å². The van der Waals surface area contributed by atoms with Gasteiger partial charge in [-0.15, -0.1) is 0 Å². The van der Waals surface area contributed by atoms with E-state index < -0.39 is 0 Å². The molecule has 2 saturated carbocycles. The molecule has 12 heavy (non-hydrogen) atoms. The summed E-state index contributed by atoms with van der Waals surface area (Å²) in [6.07, 6.45) is 7.59. The van der Waals surface area contributed by atoms with Crippen molar-refractivity contribution >= 4 is 0 Å². The molecule has 2 rings (SSSR count). The molecule has 0 radical (unpaired) electrons. The van der Waals surface area contributed by atoms with Gasteiger partial charge >= 0.3 is 0 Å². The molecule has 70 valence electrons. The molecule has 0 amide bonds. The third-order valence-electron chi connectivity index (χ3n) is 3.81. The maximum Gasteiger partial charge on any atom is -0.0352 e. The van der Waals surface area contributed by atoms with Crippen molar-refractivity contribution in [2.45, 2.75) is 52.9 Å². The summed E-state index contributed by atoms with van der Waals surface area (Å²) in [7, 11) is 0. The molecule has 0 bridgehead atoms. The van der Waals surface area contributed by atoms with E-state index in [0.717, 1.165) is 5.92 Å². The van der Waals surface area contributed by atoms with Crippen LogP contribution in [-0.2, 0) is 0 Å². The van der Waals surface area contributed by atoms with Crippen LogP contribution < -0.4 is 0 Å². The van der Waals surface area contributed by atoms with Crippen LogP contribution in [0.2, 0.25) is 0 Å². The normalized spacial score (nSPS) is 39.8. The first-order valence-electron chi connectivity index (χ1n) is 5.58. The van der Waals surface area contributed by atoms with E-state index in [1.807, 2.05) is 0 Å². The Labute approximate surface area is 76.7 Å². The van der Waals surface area contributed by atoms with Gasteiger partial charge in [0.05, 0.1) is 0 Å². The average Bonchev–Trinajstić information content (AvgIpc) is 2.41. The van der Waals surface area contributed by atoms with E-state index in [1.54, 1.807) is 12.8 Å². The summed E-state index contributed by atoms with van der Waals surface area (Å²) in [6, 6.07) is 0. The molecule has 0 nitrogen and oxygen atoms in total. The molecule has 2 fully saturated rings. The molecular weight excluding hydrogens is 144 g/mol. The third kappa shape index (κ3) is 1.67. The van der Waals surface area contributed by atoms with Crippen LogP contribution in [0.25, 0.3) is 0 Å². The molecule has 0 N–H and O–H groups in total. The maximum absolute atomic E-state index is 2.37. The van der Waals surface area contributed by atoms with Gasteiger partial charge in [-0.05, 0) is 48.9 Å². The summed E-state index contributed by atoms with van der Waals surface area (Å²) in [4.78, 5) is 0. The Morgan fingerprint density at radius 3 is 2.17 bits per heavy atom.